The zero-order valence-corrected chi connectivity index (χ0v) is 14.8. The first-order valence-corrected chi connectivity index (χ1v) is 8.73. The summed E-state index contributed by atoms with van der Waals surface area (Å²) in [5.74, 6) is -1.09. The van der Waals surface area contributed by atoms with E-state index in [1.54, 1.807) is 31.2 Å². The molecular formula is C19H16F2N2O2S. The highest BCUT2D eigenvalue weighted by Gasteiger charge is 2.17. The predicted molar refractivity (Wildman–Crippen MR) is 96.4 cm³/mol. The topological polar surface area (TPSA) is 51.1 Å². The van der Waals surface area contributed by atoms with Gasteiger partial charge in [-0.1, -0.05) is 35.6 Å². The molecule has 0 aliphatic carbocycles. The number of carbonyl (C=O) groups is 1. The number of nitrogens with zero attached hydrogens (tertiary/aromatic N) is 1. The van der Waals surface area contributed by atoms with Crippen molar-refractivity contribution in [2.45, 2.75) is 20.0 Å². The van der Waals surface area contributed by atoms with E-state index in [0.29, 0.717) is 16.1 Å². The highest BCUT2D eigenvalue weighted by atomic mass is 32.1. The third kappa shape index (κ3) is 4.05. The van der Waals surface area contributed by atoms with E-state index < -0.39 is 0 Å². The second-order valence-corrected chi connectivity index (χ2v) is 6.77. The summed E-state index contributed by atoms with van der Waals surface area (Å²) in [5.41, 5.74) is 1.93. The van der Waals surface area contributed by atoms with Crippen molar-refractivity contribution in [2.75, 3.05) is 0 Å². The van der Waals surface area contributed by atoms with Crippen molar-refractivity contribution in [3.8, 4) is 0 Å². The molecule has 3 aromatic rings. The fourth-order valence-electron chi connectivity index (χ4n) is 2.55. The van der Waals surface area contributed by atoms with Crippen LogP contribution in [-0.4, -0.2) is 10.5 Å². The van der Waals surface area contributed by atoms with Gasteiger partial charge >= 0.3 is 4.87 Å². The maximum atomic E-state index is 13.3. The van der Waals surface area contributed by atoms with Crippen molar-refractivity contribution in [2.24, 2.45) is 0 Å². The number of nitrogens with one attached hydrogen (secondary N) is 1. The number of rotatable bonds is 5. The molecule has 1 amide bonds. The van der Waals surface area contributed by atoms with Crippen molar-refractivity contribution in [1.82, 2.24) is 9.88 Å². The molecule has 26 heavy (non-hydrogen) atoms. The van der Waals surface area contributed by atoms with Gasteiger partial charge in [-0.2, -0.15) is 0 Å². The van der Waals surface area contributed by atoms with Crippen molar-refractivity contribution >= 4 is 17.2 Å². The molecule has 1 N–H and O–H groups in total. The van der Waals surface area contributed by atoms with Crippen LogP contribution >= 0.6 is 11.3 Å². The van der Waals surface area contributed by atoms with Crippen LogP contribution in [0.4, 0.5) is 8.78 Å². The number of halogens is 2. The molecule has 0 saturated carbocycles. The molecule has 0 atom stereocenters. The summed E-state index contributed by atoms with van der Waals surface area (Å²) in [7, 11) is 0. The minimum Gasteiger partial charge on any atom is -0.347 e. The zero-order valence-electron chi connectivity index (χ0n) is 14.0. The number of thiazole rings is 1. The van der Waals surface area contributed by atoms with E-state index in [-0.39, 0.29) is 35.5 Å². The number of aromatic nitrogens is 1. The summed E-state index contributed by atoms with van der Waals surface area (Å²) >= 11 is 0.852. The number of hydrogen-bond acceptors (Lipinski definition) is 3. The fraction of sp³-hybridized carbons (Fsp3) is 0.158. The molecule has 4 nitrogen and oxygen atoms in total. The number of hydrogen-bond donors (Lipinski definition) is 1. The van der Waals surface area contributed by atoms with Gasteiger partial charge in [0.2, 0.25) is 0 Å². The summed E-state index contributed by atoms with van der Waals surface area (Å²) in [5, 5.41) is 2.73. The van der Waals surface area contributed by atoms with E-state index in [1.165, 1.54) is 28.8 Å². The first-order chi connectivity index (χ1) is 12.4. The van der Waals surface area contributed by atoms with Crippen LogP contribution in [0.5, 0.6) is 0 Å². The van der Waals surface area contributed by atoms with Crippen LogP contribution in [0.2, 0.25) is 0 Å². The van der Waals surface area contributed by atoms with Crippen LogP contribution < -0.4 is 10.2 Å². The zero-order chi connectivity index (χ0) is 18.7. The molecule has 1 aromatic heterocycles. The van der Waals surface area contributed by atoms with E-state index in [4.69, 9.17) is 0 Å². The molecule has 0 spiro atoms. The van der Waals surface area contributed by atoms with E-state index in [9.17, 15) is 18.4 Å². The monoisotopic (exact) mass is 374 g/mol. The molecule has 0 unspecified atom stereocenters. The van der Waals surface area contributed by atoms with Gasteiger partial charge in [0, 0.05) is 12.2 Å². The molecule has 1 heterocycles. The van der Waals surface area contributed by atoms with Gasteiger partial charge in [0.05, 0.1) is 6.54 Å². The van der Waals surface area contributed by atoms with E-state index in [0.717, 1.165) is 16.9 Å². The highest BCUT2D eigenvalue weighted by Crippen LogP contribution is 2.15. The molecule has 3 rings (SSSR count). The van der Waals surface area contributed by atoms with Gasteiger partial charge in [0.25, 0.3) is 5.91 Å². The Morgan fingerprint density at radius 2 is 1.81 bits per heavy atom. The van der Waals surface area contributed by atoms with Crippen LogP contribution in [0, 0.1) is 18.6 Å². The molecule has 0 radical (unpaired) electrons. The lowest BCUT2D eigenvalue weighted by Crippen LogP contribution is -2.23. The van der Waals surface area contributed by atoms with Crippen LogP contribution in [0.15, 0.2) is 53.3 Å². The van der Waals surface area contributed by atoms with Gasteiger partial charge in [-0.05, 0) is 42.3 Å². The largest absolute Gasteiger partial charge is 0.347 e. The quantitative estimate of drug-likeness (QED) is 0.743. The smallest absolute Gasteiger partial charge is 0.308 e. The maximum absolute atomic E-state index is 13.3. The van der Waals surface area contributed by atoms with Crippen LogP contribution in [-0.2, 0) is 13.1 Å². The molecule has 0 fully saturated rings. The van der Waals surface area contributed by atoms with Crippen molar-refractivity contribution < 1.29 is 13.6 Å². The lowest BCUT2D eigenvalue weighted by molar-refractivity contribution is 0.0954. The average molecular weight is 374 g/mol. The summed E-state index contributed by atoms with van der Waals surface area (Å²) in [6.07, 6.45) is 0. The van der Waals surface area contributed by atoms with Crippen LogP contribution in [0.3, 0.4) is 0 Å². The van der Waals surface area contributed by atoms with Gasteiger partial charge in [-0.25, -0.2) is 8.78 Å². The number of benzene rings is 2. The predicted octanol–water partition coefficient (Wildman–Crippen LogP) is 3.47. The second kappa shape index (κ2) is 7.61. The first-order valence-electron chi connectivity index (χ1n) is 7.91. The summed E-state index contributed by atoms with van der Waals surface area (Å²) in [6.45, 7) is 2.11. The average Bonchev–Trinajstić information content (AvgIpc) is 2.89. The summed E-state index contributed by atoms with van der Waals surface area (Å²) in [4.78, 5) is 24.7. The van der Waals surface area contributed by atoms with Gasteiger partial charge < -0.3 is 5.32 Å². The Morgan fingerprint density at radius 3 is 2.50 bits per heavy atom. The Bertz CT molecular complexity index is 994. The minimum absolute atomic E-state index is 0.199. The fourth-order valence-corrected chi connectivity index (χ4v) is 3.46. The first kappa shape index (κ1) is 18.0. The van der Waals surface area contributed by atoms with Crippen molar-refractivity contribution in [1.29, 1.82) is 0 Å². The van der Waals surface area contributed by atoms with Crippen LogP contribution in [0.1, 0.15) is 26.5 Å². The van der Waals surface area contributed by atoms with Gasteiger partial charge in [0.1, 0.15) is 16.5 Å². The van der Waals surface area contributed by atoms with Crippen molar-refractivity contribution in [3.63, 3.8) is 0 Å². The third-order valence-corrected chi connectivity index (χ3v) is 5.03. The Morgan fingerprint density at radius 1 is 1.08 bits per heavy atom. The van der Waals surface area contributed by atoms with E-state index >= 15 is 0 Å². The molecule has 0 bridgehead atoms. The number of carbonyl (C=O) groups excluding carboxylic acids is 1. The van der Waals surface area contributed by atoms with Crippen molar-refractivity contribution in [3.05, 3.63) is 91.5 Å². The second-order valence-electron chi connectivity index (χ2n) is 5.81. The van der Waals surface area contributed by atoms with Crippen LogP contribution in [0.25, 0.3) is 0 Å². The lowest BCUT2D eigenvalue weighted by Gasteiger charge is -2.07. The SMILES string of the molecule is Cc1c(C(=O)NCc2ccc(F)cc2)sc(=O)n1Cc1cccc(F)c1. The summed E-state index contributed by atoms with van der Waals surface area (Å²) in [6, 6.07) is 11.8. The molecule has 0 aliphatic rings. The third-order valence-electron chi connectivity index (χ3n) is 3.95. The molecule has 134 valence electrons. The minimum atomic E-state index is -0.374. The highest BCUT2D eigenvalue weighted by molar-refractivity contribution is 7.11. The number of amides is 1. The molecule has 0 saturated heterocycles. The molecule has 7 heteroatoms. The van der Waals surface area contributed by atoms with Gasteiger partial charge in [-0.15, -0.1) is 0 Å². The standard InChI is InChI=1S/C19H16F2N2O2S/c1-12-17(18(24)22-10-13-5-7-15(20)8-6-13)26-19(25)23(12)11-14-3-2-4-16(21)9-14/h2-9H,10-11H2,1H3,(H,22,24). The molecule has 2 aromatic carbocycles. The molecular weight excluding hydrogens is 358 g/mol. The Labute approximate surface area is 152 Å². The van der Waals surface area contributed by atoms with E-state index in [1.807, 2.05) is 0 Å². The Hall–Kier alpha value is -2.80. The normalized spacial score (nSPS) is 10.7. The van der Waals surface area contributed by atoms with Gasteiger partial charge in [-0.3, -0.25) is 14.2 Å². The Balaban J connectivity index is 1.75. The summed E-state index contributed by atoms with van der Waals surface area (Å²) < 4.78 is 27.7. The maximum Gasteiger partial charge on any atom is 0.308 e. The lowest BCUT2D eigenvalue weighted by atomic mass is 10.2. The Kier molecular flexibility index (Phi) is 5.27. The van der Waals surface area contributed by atoms with Gasteiger partial charge in [0.15, 0.2) is 0 Å². The molecule has 0 aliphatic heterocycles. The van der Waals surface area contributed by atoms with E-state index in [2.05, 4.69) is 5.32 Å².